The molecule has 0 aromatic heterocycles. The van der Waals surface area contributed by atoms with Crippen LogP contribution in [0.5, 0.6) is 0 Å². The highest BCUT2D eigenvalue weighted by Gasteiger charge is 2.58. The molecule has 0 aliphatic carbocycles. The van der Waals surface area contributed by atoms with E-state index in [9.17, 15) is 35.7 Å². The Kier molecular flexibility index (Phi) is 6.50. The minimum Gasteiger partial charge on any atom is -0.395 e. The van der Waals surface area contributed by atoms with Gasteiger partial charge in [-0.1, -0.05) is 0 Å². The Morgan fingerprint density at radius 3 is 1.92 bits per heavy atom. The molecule has 2 rings (SSSR count). The quantitative estimate of drug-likeness (QED) is 0.220. The van der Waals surface area contributed by atoms with Gasteiger partial charge in [0, 0.05) is 0 Å². The third-order valence-corrected chi connectivity index (χ3v) is 4.56. The largest absolute Gasteiger partial charge is 0.395 e. The minimum atomic E-state index is -2.15. The Morgan fingerprint density at radius 2 is 1.46 bits per heavy atom. The van der Waals surface area contributed by atoms with Crippen molar-refractivity contribution in [2.24, 2.45) is 0 Å². The highest BCUT2D eigenvalue weighted by molar-refractivity contribution is 5.03. The molecule has 0 aromatic carbocycles. The van der Waals surface area contributed by atoms with Gasteiger partial charge < -0.3 is 55.6 Å². The molecular weight excluding hydrogens is 330 g/mol. The molecule has 2 fully saturated rings. The number of piperidine rings is 1. The minimum absolute atomic E-state index is 0.503. The van der Waals surface area contributed by atoms with Crippen LogP contribution in [-0.2, 0) is 9.47 Å². The molecule has 2 saturated heterocycles. The highest BCUT2D eigenvalue weighted by Crippen LogP contribution is 2.35. The van der Waals surface area contributed by atoms with E-state index < -0.39 is 80.9 Å². The van der Waals surface area contributed by atoms with Crippen LogP contribution in [0.1, 0.15) is 0 Å². The maximum atomic E-state index is 10.2. The lowest BCUT2D eigenvalue weighted by atomic mass is 9.90. The summed E-state index contributed by atoms with van der Waals surface area (Å²) in [6, 6.07) is -1.86. The first-order chi connectivity index (χ1) is 11.3. The fraction of sp³-hybridized carbons (Fsp3) is 1.00. The summed E-state index contributed by atoms with van der Waals surface area (Å²) in [7, 11) is 0. The van der Waals surface area contributed by atoms with Crippen molar-refractivity contribution in [2.75, 3.05) is 26.4 Å². The fourth-order valence-electron chi connectivity index (χ4n) is 3.11. The van der Waals surface area contributed by atoms with Gasteiger partial charge in [-0.25, -0.2) is 0 Å². The lowest BCUT2D eigenvalue weighted by Gasteiger charge is -2.45. The van der Waals surface area contributed by atoms with E-state index in [1.165, 1.54) is 0 Å². The standard InChI is InChI=1S/C13H25NO10/c15-1-5-8(19)10(21)11(6(2-16)14-5)24-13(4-18)12(22)9(20)7(3-17)23-13/h5-12,14-22H,1-4H2/t5-,6+,7?,8+,9?,10+,11+,12?,13?/m0/s1. The van der Waals surface area contributed by atoms with Crippen LogP contribution in [0.3, 0.4) is 0 Å². The molecule has 0 radical (unpaired) electrons. The smallest absolute Gasteiger partial charge is 0.222 e. The van der Waals surface area contributed by atoms with Crippen LogP contribution < -0.4 is 5.32 Å². The molecule has 2 aliphatic rings. The van der Waals surface area contributed by atoms with Gasteiger partial charge in [0.05, 0.1) is 38.0 Å². The number of hydrogen-bond acceptors (Lipinski definition) is 11. The molecule has 0 spiro atoms. The summed E-state index contributed by atoms with van der Waals surface area (Å²) in [5, 5.41) is 80.2. The van der Waals surface area contributed by atoms with Crippen LogP contribution in [-0.4, -0.2) is 122 Å². The second-order valence-electron chi connectivity index (χ2n) is 6.05. The van der Waals surface area contributed by atoms with Gasteiger partial charge in [0.2, 0.25) is 5.79 Å². The zero-order chi connectivity index (χ0) is 18.1. The first-order valence-electron chi connectivity index (χ1n) is 7.62. The van der Waals surface area contributed by atoms with Crippen LogP contribution >= 0.6 is 0 Å². The summed E-state index contributed by atoms with van der Waals surface area (Å²) >= 11 is 0. The Hall–Kier alpha value is -0.440. The molecule has 9 atom stereocenters. The van der Waals surface area contributed by atoms with Gasteiger partial charge in [-0.2, -0.15) is 0 Å². The number of hydrogen-bond donors (Lipinski definition) is 9. The second-order valence-corrected chi connectivity index (χ2v) is 6.05. The maximum Gasteiger partial charge on any atom is 0.222 e. The van der Waals surface area contributed by atoms with Gasteiger partial charge >= 0.3 is 0 Å². The summed E-state index contributed by atoms with van der Waals surface area (Å²) in [5.74, 6) is -2.15. The van der Waals surface area contributed by atoms with Gasteiger partial charge in [0.15, 0.2) is 0 Å². The Bertz CT molecular complexity index is 412. The van der Waals surface area contributed by atoms with Crippen molar-refractivity contribution in [1.29, 1.82) is 0 Å². The van der Waals surface area contributed by atoms with Crippen molar-refractivity contribution in [3.05, 3.63) is 0 Å². The summed E-state index contributed by atoms with van der Waals surface area (Å²) < 4.78 is 10.7. The predicted octanol–water partition coefficient (Wildman–Crippen LogP) is -5.78. The van der Waals surface area contributed by atoms with Crippen molar-refractivity contribution in [3.63, 3.8) is 0 Å². The lowest BCUT2D eigenvalue weighted by molar-refractivity contribution is -0.318. The van der Waals surface area contributed by atoms with Crippen molar-refractivity contribution in [2.45, 2.75) is 54.5 Å². The Morgan fingerprint density at radius 1 is 0.833 bits per heavy atom. The molecule has 0 amide bonds. The molecule has 0 bridgehead atoms. The van der Waals surface area contributed by atoms with Crippen molar-refractivity contribution in [3.8, 4) is 0 Å². The van der Waals surface area contributed by atoms with E-state index in [-0.39, 0.29) is 0 Å². The van der Waals surface area contributed by atoms with E-state index in [4.69, 9.17) is 14.6 Å². The van der Waals surface area contributed by atoms with E-state index in [1.54, 1.807) is 0 Å². The van der Waals surface area contributed by atoms with Crippen molar-refractivity contribution >= 4 is 0 Å². The van der Waals surface area contributed by atoms with Gasteiger partial charge in [-0.15, -0.1) is 0 Å². The van der Waals surface area contributed by atoms with E-state index >= 15 is 0 Å². The molecule has 0 saturated carbocycles. The topological polar surface area (TPSA) is 192 Å². The Labute approximate surface area is 137 Å². The number of rotatable bonds is 6. The van der Waals surface area contributed by atoms with Gasteiger partial charge in [-0.3, -0.25) is 0 Å². The molecule has 11 heteroatoms. The SMILES string of the molecule is OCC1OC(CO)(O[C@H]2[C@H](O)[C@H](O)[C@H](CO)N[C@@H]2CO)C(O)C1O. The van der Waals surface area contributed by atoms with Crippen LogP contribution in [0.4, 0.5) is 0 Å². The number of aliphatic hydroxyl groups excluding tert-OH is 8. The molecule has 2 aliphatic heterocycles. The lowest BCUT2D eigenvalue weighted by Crippen LogP contribution is -2.69. The third kappa shape index (κ3) is 3.30. The third-order valence-electron chi connectivity index (χ3n) is 4.56. The molecule has 9 N–H and O–H groups in total. The second kappa shape index (κ2) is 7.85. The van der Waals surface area contributed by atoms with Crippen molar-refractivity contribution < 1.29 is 50.3 Å². The summed E-state index contributed by atoms with van der Waals surface area (Å²) in [6.45, 7) is -2.61. The van der Waals surface area contributed by atoms with E-state index in [0.717, 1.165) is 0 Å². The molecule has 2 heterocycles. The fourth-order valence-corrected chi connectivity index (χ4v) is 3.11. The number of aliphatic hydroxyl groups is 8. The summed E-state index contributed by atoms with van der Waals surface area (Å²) in [4.78, 5) is 0. The summed E-state index contributed by atoms with van der Waals surface area (Å²) in [5.41, 5.74) is 0. The molecule has 4 unspecified atom stereocenters. The van der Waals surface area contributed by atoms with Crippen molar-refractivity contribution in [1.82, 2.24) is 5.32 Å². The monoisotopic (exact) mass is 355 g/mol. The van der Waals surface area contributed by atoms with E-state index in [2.05, 4.69) is 5.32 Å². The number of ether oxygens (including phenoxy) is 2. The van der Waals surface area contributed by atoms with Crippen LogP contribution in [0.25, 0.3) is 0 Å². The Balaban J connectivity index is 2.23. The van der Waals surface area contributed by atoms with E-state index in [0.29, 0.717) is 0 Å². The first-order valence-corrected chi connectivity index (χ1v) is 7.62. The van der Waals surface area contributed by atoms with Gasteiger partial charge in [0.25, 0.3) is 0 Å². The predicted molar refractivity (Wildman–Crippen MR) is 75.6 cm³/mol. The van der Waals surface area contributed by atoms with Crippen LogP contribution in [0, 0.1) is 0 Å². The van der Waals surface area contributed by atoms with Crippen LogP contribution in [0.2, 0.25) is 0 Å². The normalized spacial score (nSPS) is 49.5. The number of nitrogens with one attached hydrogen (secondary N) is 1. The zero-order valence-electron chi connectivity index (χ0n) is 12.8. The average molecular weight is 355 g/mol. The molecule has 142 valence electrons. The maximum absolute atomic E-state index is 10.2. The average Bonchev–Trinajstić information content (AvgIpc) is 2.84. The highest BCUT2D eigenvalue weighted by atomic mass is 16.7. The first kappa shape index (κ1) is 19.9. The zero-order valence-corrected chi connectivity index (χ0v) is 12.8. The molecule has 11 nitrogen and oxygen atoms in total. The summed E-state index contributed by atoms with van der Waals surface area (Å²) in [6.07, 6.45) is -8.86. The van der Waals surface area contributed by atoms with E-state index in [1.807, 2.05) is 0 Å². The van der Waals surface area contributed by atoms with Crippen LogP contribution in [0.15, 0.2) is 0 Å². The van der Waals surface area contributed by atoms with Gasteiger partial charge in [0.1, 0.15) is 37.1 Å². The van der Waals surface area contributed by atoms with Gasteiger partial charge in [-0.05, 0) is 0 Å². The molecule has 24 heavy (non-hydrogen) atoms. The molecule has 0 aromatic rings. The molecular formula is C13H25NO10.